The van der Waals surface area contributed by atoms with Crippen molar-refractivity contribution in [1.82, 2.24) is 14.5 Å². The van der Waals surface area contributed by atoms with Crippen LogP contribution in [0.25, 0.3) is 27.6 Å². The lowest BCUT2D eigenvalue weighted by Gasteiger charge is -2.12. The van der Waals surface area contributed by atoms with Crippen LogP contribution in [-0.2, 0) is 6.42 Å². The average molecular weight is 370 g/mol. The van der Waals surface area contributed by atoms with Crippen molar-refractivity contribution in [2.45, 2.75) is 6.42 Å². The summed E-state index contributed by atoms with van der Waals surface area (Å²) in [6.45, 7) is 0. The predicted molar refractivity (Wildman–Crippen MR) is 102 cm³/mol. The van der Waals surface area contributed by atoms with Gasteiger partial charge in [0.05, 0.1) is 40.2 Å². The summed E-state index contributed by atoms with van der Waals surface area (Å²) in [5, 5.41) is 9.73. The normalized spacial score (nSPS) is 11.3. The van der Waals surface area contributed by atoms with Crippen LogP contribution in [0.4, 0.5) is 0 Å². The molecule has 3 N–H and O–H groups in total. The monoisotopic (exact) mass is 369 g/mol. The van der Waals surface area contributed by atoms with Crippen LogP contribution in [0.5, 0.6) is 0 Å². The van der Waals surface area contributed by atoms with E-state index in [0.29, 0.717) is 21.4 Å². The van der Waals surface area contributed by atoms with Gasteiger partial charge in [-0.25, -0.2) is 4.98 Å². The molecule has 2 aromatic carbocycles. The third kappa shape index (κ3) is 2.71. The number of amidine groups is 1. The number of hydrogen-bond acceptors (Lipinski definition) is 3. The van der Waals surface area contributed by atoms with Gasteiger partial charge in [-0.05, 0) is 30.3 Å². The maximum Gasteiger partial charge on any atom is 0.122 e. The molecule has 0 radical (unpaired) electrons. The molecule has 0 bridgehead atoms. The van der Waals surface area contributed by atoms with Crippen LogP contribution in [0.15, 0.2) is 48.7 Å². The molecule has 0 atom stereocenters. The maximum atomic E-state index is 7.67. The SMILES string of the molecule is N=C(N)Cc1nc2cnc3ccc(Cl)cc3c2n1-c1ccccc1Cl. The van der Waals surface area contributed by atoms with Crippen molar-refractivity contribution in [2.75, 3.05) is 0 Å². The quantitative estimate of drug-likeness (QED) is 0.415. The summed E-state index contributed by atoms with van der Waals surface area (Å²) >= 11 is 12.6. The molecule has 4 rings (SSSR count). The highest BCUT2D eigenvalue weighted by molar-refractivity contribution is 6.33. The van der Waals surface area contributed by atoms with Crippen LogP contribution in [-0.4, -0.2) is 20.4 Å². The number of para-hydroxylation sites is 1. The van der Waals surface area contributed by atoms with Crippen molar-refractivity contribution in [1.29, 1.82) is 5.41 Å². The van der Waals surface area contributed by atoms with Gasteiger partial charge < -0.3 is 5.73 Å². The minimum Gasteiger partial charge on any atom is -0.387 e. The van der Waals surface area contributed by atoms with E-state index in [1.807, 2.05) is 41.0 Å². The minimum atomic E-state index is 0.0268. The molecule has 0 amide bonds. The lowest BCUT2D eigenvalue weighted by molar-refractivity contribution is 0.960. The topological polar surface area (TPSA) is 80.6 Å². The number of nitrogens with two attached hydrogens (primary N) is 1. The molecule has 5 nitrogen and oxygen atoms in total. The van der Waals surface area contributed by atoms with Crippen LogP contribution in [0.2, 0.25) is 10.0 Å². The molecule has 2 aromatic heterocycles. The zero-order chi connectivity index (χ0) is 17.6. The molecule has 0 fully saturated rings. The second-order valence-electron chi connectivity index (χ2n) is 5.67. The Morgan fingerprint density at radius 1 is 1.12 bits per heavy atom. The Hall–Kier alpha value is -2.63. The third-order valence-corrected chi connectivity index (χ3v) is 4.51. The second kappa shape index (κ2) is 6.02. The molecule has 0 spiro atoms. The molecule has 25 heavy (non-hydrogen) atoms. The van der Waals surface area contributed by atoms with E-state index in [-0.39, 0.29) is 12.3 Å². The smallest absolute Gasteiger partial charge is 0.122 e. The summed E-state index contributed by atoms with van der Waals surface area (Å²) in [6.07, 6.45) is 1.92. The molecule has 4 aromatic rings. The van der Waals surface area contributed by atoms with E-state index in [1.54, 1.807) is 12.3 Å². The summed E-state index contributed by atoms with van der Waals surface area (Å²) in [5.74, 6) is 0.656. The fourth-order valence-electron chi connectivity index (χ4n) is 2.96. The summed E-state index contributed by atoms with van der Waals surface area (Å²) < 4.78 is 1.93. The molecule has 0 aliphatic carbocycles. The molecule has 7 heteroatoms. The number of nitrogens with one attached hydrogen (secondary N) is 1. The van der Waals surface area contributed by atoms with Crippen molar-refractivity contribution >= 4 is 51.0 Å². The highest BCUT2D eigenvalue weighted by Gasteiger charge is 2.18. The van der Waals surface area contributed by atoms with Gasteiger partial charge in [0.15, 0.2) is 0 Å². The van der Waals surface area contributed by atoms with Gasteiger partial charge in [0.1, 0.15) is 11.3 Å². The summed E-state index contributed by atoms with van der Waals surface area (Å²) in [5.41, 5.74) is 8.75. The molecule has 124 valence electrons. The van der Waals surface area contributed by atoms with Crippen LogP contribution >= 0.6 is 23.2 Å². The van der Waals surface area contributed by atoms with Gasteiger partial charge in [-0.2, -0.15) is 0 Å². The van der Waals surface area contributed by atoms with Crippen LogP contribution in [0.3, 0.4) is 0 Å². The Kier molecular flexibility index (Phi) is 3.82. The standard InChI is InChI=1S/C18H13Cl2N5/c19-10-5-6-13-11(7-10)18-14(9-23-13)24-17(8-16(21)22)25(18)15-4-2-1-3-12(15)20/h1-7,9H,8H2,(H3,21,22). The highest BCUT2D eigenvalue weighted by atomic mass is 35.5. The summed E-state index contributed by atoms with van der Waals surface area (Å²) in [6, 6.07) is 13.0. The molecule has 0 unspecified atom stereocenters. The van der Waals surface area contributed by atoms with Gasteiger partial charge in [0, 0.05) is 10.4 Å². The van der Waals surface area contributed by atoms with Crippen LogP contribution in [0, 0.1) is 5.41 Å². The molecular weight excluding hydrogens is 357 g/mol. The van der Waals surface area contributed by atoms with Gasteiger partial charge in [0.25, 0.3) is 0 Å². The number of rotatable bonds is 3. The summed E-state index contributed by atoms with van der Waals surface area (Å²) in [7, 11) is 0. The lowest BCUT2D eigenvalue weighted by atomic mass is 10.2. The molecule has 2 heterocycles. The van der Waals surface area contributed by atoms with Gasteiger partial charge in [-0.3, -0.25) is 15.0 Å². The molecule has 0 saturated heterocycles. The zero-order valence-corrected chi connectivity index (χ0v) is 14.5. The fraction of sp³-hybridized carbons (Fsp3) is 0.0556. The van der Waals surface area contributed by atoms with Crippen molar-refractivity contribution < 1.29 is 0 Å². The van der Waals surface area contributed by atoms with E-state index >= 15 is 0 Å². The van der Waals surface area contributed by atoms with E-state index in [9.17, 15) is 0 Å². The Bertz CT molecular complexity index is 1130. The highest BCUT2D eigenvalue weighted by Crippen LogP contribution is 2.32. The van der Waals surface area contributed by atoms with Crippen LogP contribution in [0.1, 0.15) is 5.82 Å². The Labute approximate surface area is 153 Å². The molecular formula is C18H13Cl2N5. The maximum absolute atomic E-state index is 7.67. The lowest BCUT2D eigenvalue weighted by Crippen LogP contribution is -2.16. The Balaban J connectivity index is 2.17. The first-order valence-corrected chi connectivity index (χ1v) is 8.33. The van der Waals surface area contributed by atoms with Gasteiger partial charge >= 0.3 is 0 Å². The Morgan fingerprint density at radius 2 is 1.92 bits per heavy atom. The second-order valence-corrected chi connectivity index (χ2v) is 6.51. The van der Waals surface area contributed by atoms with E-state index in [2.05, 4.69) is 9.97 Å². The molecule has 0 aliphatic heterocycles. The number of hydrogen-bond donors (Lipinski definition) is 2. The molecule has 0 saturated carbocycles. The third-order valence-electron chi connectivity index (χ3n) is 3.96. The van der Waals surface area contributed by atoms with Crippen molar-refractivity contribution in [2.24, 2.45) is 5.73 Å². The number of benzene rings is 2. The van der Waals surface area contributed by atoms with Crippen molar-refractivity contribution in [3.63, 3.8) is 0 Å². The van der Waals surface area contributed by atoms with E-state index in [4.69, 9.17) is 34.3 Å². The average Bonchev–Trinajstić information content (AvgIpc) is 2.93. The van der Waals surface area contributed by atoms with Gasteiger partial charge in [-0.15, -0.1) is 0 Å². The fourth-order valence-corrected chi connectivity index (χ4v) is 3.35. The molecule has 0 aliphatic rings. The van der Waals surface area contributed by atoms with E-state index < -0.39 is 0 Å². The van der Waals surface area contributed by atoms with Crippen molar-refractivity contribution in [3.05, 3.63) is 64.5 Å². The minimum absolute atomic E-state index is 0.0268. The first kappa shape index (κ1) is 15.9. The van der Waals surface area contributed by atoms with Crippen LogP contribution < -0.4 is 5.73 Å². The zero-order valence-electron chi connectivity index (χ0n) is 13.0. The van der Waals surface area contributed by atoms with Crippen molar-refractivity contribution in [3.8, 4) is 5.69 Å². The first-order valence-electron chi connectivity index (χ1n) is 7.58. The largest absolute Gasteiger partial charge is 0.387 e. The van der Waals surface area contributed by atoms with Gasteiger partial charge in [-0.1, -0.05) is 35.3 Å². The van der Waals surface area contributed by atoms with Gasteiger partial charge in [0.2, 0.25) is 0 Å². The van der Waals surface area contributed by atoms with E-state index in [0.717, 1.165) is 22.1 Å². The van der Waals surface area contributed by atoms with E-state index in [1.165, 1.54) is 0 Å². The Morgan fingerprint density at radius 3 is 2.68 bits per heavy atom. The number of imidazole rings is 1. The number of fused-ring (bicyclic) bond motifs is 3. The number of halogens is 2. The number of pyridine rings is 1. The first-order chi connectivity index (χ1) is 12.0. The predicted octanol–water partition coefficient (Wildman–Crippen LogP) is 4.36. The number of aromatic nitrogens is 3. The summed E-state index contributed by atoms with van der Waals surface area (Å²) in [4.78, 5) is 9.08. The number of nitrogens with zero attached hydrogens (tertiary/aromatic N) is 3.